The number of nitrogens with two attached hydrogens (primary N) is 1. The Hall–Kier alpha value is -0.740. The summed E-state index contributed by atoms with van der Waals surface area (Å²) in [4.78, 5) is 4.54. The first kappa shape index (κ1) is 14.3. The molecule has 4 heteroatoms. The molecule has 0 heterocycles. The molecular formula is C13H22BrN3. The summed E-state index contributed by atoms with van der Waals surface area (Å²) in [6.45, 7) is 5.26. The number of halogens is 1. The molecule has 1 rings (SSSR count). The van der Waals surface area contributed by atoms with E-state index in [4.69, 9.17) is 5.73 Å². The first-order valence-electron chi connectivity index (χ1n) is 5.99. The average Bonchev–Trinajstić information content (AvgIpc) is 2.27. The van der Waals surface area contributed by atoms with Gasteiger partial charge in [-0.3, -0.25) is 0 Å². The van der Waals surface area contributed by atoms with E-state index in [0.717, 1.165) is 41.9 Å². The van der Waals surface area contributed by atoms with Gasteiger partial charge < -0.3 is 15.5 Å². The van der Waals surface area contributed by atoms with Gasteiger partial charge >= 0.3 is 0 Å². The molecular weight excluding hydrogens is 278 g/mol. The summed E-state index contributed by atoms with van der Waals surface area (Å²) in [5.41, 5.74) is 8.03. The number of hydrogen-bond acceptors (Lipinski definition) is 3. The quantitative estimate of drug-likeness (QED) is 0.820. The molecule has 0 aliphatic carbocycles. The van der Waals surface area contributed by atoms with Crippen molar-refractivity contribution in [1.29, 1.82) is 0 Å². The third-order valence-corrected chi connectivity index (χ3v) is 3.14. The van der Waals surface area contributed by atoms with Gasteiger partial charge in [0.25, 0.3) is 0 Å². The lowest BCUT2D eigenvalue weighted by atomic mass is 10.2. The van der Waals surface area contributed by atoms with E-state index in [1.165, 1.54) is 0 Å². The van der Waals surface area contributed by atoms with Crippen molar-refractivity contribution in [2.45, 2.75) is 13.3 Å². The van der Waals surface area contributed by atoms with Gasteiger partial charge in [-0.15, -0.1) is 0 Å². The van der Waals surface area contributed by atoms with Crippen molar-refractivity contribution in [3.05, 3.63) is 22.7 Å². The number of likely N-dealkylation sites (N-methyl/N-ethyl adjacent to an activating group) is 1. The molecule has 0 aliphatic rings. The molecule has 1 aromatic rings. The minimum Gasteiger partial charge on any atom is -0.397 e. The van der Waals surface area contributed by atoms with Gasteiger partial charge in [-0.2, -0.15) is 0 Å². The Kier molecular flexibility index (Phi) is 5.78. The Morgan fingerprint density at radius 2 is 1.88 bits per heavy atom. The molecule has 0 bridgehead atoms. The van der Waals surface area contributed by atoms with Gasteiger partial charge in [-0.25, -0.2) is 0 Å². The maximum Gasteiger partial charge on any atom is 0.0611 e. The van der Waals surface area contributed by atoms with Crippen LogP contribution in [0.1, 0.15) is 13.3 Å². The van der Waals surface area contributed by atoms with Crippen molar-refractivity contribution in [1.82, 2.24) is 4.90 Å². The van der Waals surface area contributed by atoms with Crippen LogP contribution < -0.4 is 10.6 Å². The van der Waals surface area contributed by atoms with Crippen LogP contribution in [0.5, 0.6) is 0 Å². The number of nitrogens with zero attached hydrogens (tertiary/aromatic N) is 2. The summed E-state index contributed by atoms with van der Waals surface area (Å²) in [6, 6.07) is 6.04. The van der Waals surface area contributed by atoms with Crippen LogP contribution in [0.25, 0.3) is 0 Å². The van der Waals surface area contributed by atoms with Gasteiger partial charge in [0.2, 0.25) is 0 Å². The molecule has 0 saturated carbocycles. The fourth-order valence-electron chi connectivity index (χ4n) is 1.73. The summed E-state index contributed by atoms with van der Waals surface area (Å²) in [5, 5.41) is 0. The second kappa shape index (κ2) is 6.87. The standard InChI is InChI=1S/C13H22BrN3/c1-4-7-17(9-8-16(2)3)13-10-11(14)5-6-12(13)15/h5-6,10H,4,7-9,15H2,1-3H3. The summed E-state index contributed by atoms with van der Waals surface area (Å²) in [6.07, 6.45) is 1.12. The first-order chi connectivity index (χ1) is 8.04. The number of nitrogen functional groups attached to an aromatic ring is 1. The predicted molar refractivity (Wildman–Crippen MR) is 79.6 cm³/mol. The monoisotopic (exact) mass is 299 g/mol. The SMILES string of the molecule is CCCN(CCN(C)C)c1cc(Br)ccc1N. The number of hydrogen-bond donors (Lipinski definition) is 1. The molecule has 1 aromatic carbocycles. The van der Waals surface area contributed by atoms with Crippen LogP contribution in [-0.2, 0) is 0 Å². The highest BCUT2D eigenvalue weighted by Crippen LogP contribution is 2.27. The van der Waals surface area contributed by atoms with Gasteiger partial charge in [0.05, 0.1) is 11.4 Å². The summed E-state index contributed by atoms with van der Waals surface area (Å²) >= 11 is 3.50. The normalized spacial score (nSPS) is 10.9. The van der Waals surface area contributed by atoms with Crippen molar-refractivity contribution >= 4 is 27.3 Å². The van der Waals surface area contributed by atoms with E-state index in [0.29, 0.717) is 0 Å². The van der Waals surface area contributed by atoms with Crippen LogP contribution in [-0.4, -0.2) is 38.6 Å². The molecule has 0 aromatic heterocycles. The van der Waals surface area contributed by atoms with Crippen LogP contribution in [0, 0.1) is 0 Å². The molecule has 0 atom stereocenters. The van der Waals surface area contributed by atoms with E-state index >= 15 is 0 Å². The third kappa shape index (κ3) is 4.56. The third-order valence-electron chi connectivity index (χ3n) is 2.64. The van der Waals surface area contributed by atoms with Crippen molar-refractivity contribution in [3.8, 4) is 0 Å². The van der Waals surface area contributed by atoms with E-state index in [9.17, 15) is 0 Å². The van der Waals surface area contributed by atoms with Crippen LogP contribution in [0.2, 0.25) is 0 Å². The van der Waals surface area contributed by atoms with Gasteiger partial charge in [0.15, 0.2) is 0 Å². The fourth-order valence-corrected chi connectivity index (χ4v) is 2.08. The second-order valence-corrected chi connectivity index (χ2v) is 5.41. The number of benzene rings is 1. The van der Waals surface area contributed by atoms with E-state index in [-0.39, 0.29) is 0 Å². The van der Waals surface area contributed by atoms with Crippen molar-refractivity contribution in [2.75, 3.05) is 44.4 Å². The summed E-state index contributed by atoms with van der Waals surface area (Å²) < 4.78 is 1.08. The van der Waals surface area contributed by atoms with Crippen LogP contribution in [0.3, 0.4) is 0 Å². The first-order valence-corrected chi connectivity index (χ1v) is 6.78. The lowest BCUT2D eigenvalue weighted by Gasteiger charge is -2.27. The minimum atomic E-state index is 0.848. The lowest BCUT2D eigenvalue weighted by molar-refractivity contribution is 0.413. The van der Waals surface area contributed by atoms with Crippen molar-refractivity contribution in [2.24, 2.45) is 0 Å². The van der Waals surface area contributed by atoms with E-state index < -0.39 is 0 Å². The molecule has 0 saturated heterocycles. The fraction of sp³-hybridized carbons (Fsp3) is 0.538. The number of rotatable bonds is 6. The van der Waals surface area contributed by atoms with Crippen LogP contribution >= 0.6 is 15.9 Å². The van der Waals surface area contributed by atoms with Gasteiger partial charge in [0.1, 0.15) is 0 Å². The van der Waals surface area contributed by atoms with E-state index in [1.807, 2.05) is 12.1 Å². The largest absolute Gasteiger partial charge is 0.397 e. The summed E-state index contributed by atoms with van der Waals surface area (Å²) in [5.74, 6) is 0. The highest BCUT2D eigenvalue weighted by atomic mass is 79.9. The van der Waals surface area contributed by atoms with Crippen LogP contribution in [0.15, 0.2) is 22.7 Å². The average molecular weight is 300 g/mol. The molecule has 2 N–H and O–H groups in total. The molecule has 3 nitrogen and oxygen atoms in total. The van der Waals surface area contributed by atoms with Gasteiger partial charge in [-0.05, 0) is 38.7 Å². The maximum absolute atomic E-state index is 6.05. The topological polar surface area (TPSA) is 32.5 Å². The molecule has 96 valence electrons. The highest BCUT2D eigenvalue weighted by Gasteiger charge is 2.09. The zero-order chi connectivity index (χ0) is 12.8. The zero-order valence-corrected chi connectivity index (χ0v) is 12.5. The molecule has 0 fully saturated rings. The molecule has 0 unspecified atom stereocenters. The molecule has 0 radical (unpaired) electrons. The molecule has 0 aliphatic heterocycles. The highest BCUT2D eigenvalue weighted by molar-refractivity contribution is 9.10. The van der Waals surface area contributed by atoms with E-state index in [1.54, 1.807) is 0 Å². The molecule has 17 heavy (non-hydrogen) atoms. The Bertz CT molecular complexity index is 353. The lowest BCUT2D eigenvalue weighted by Crippen LogP contribution is -2.32. The smallest absolute Gasteiger partial charge is 0.0611 e. The van der Waals surface area contributed by atoms with Crippen molar-refractivity contribution in [3.63, 3.8) is 0 Å². The second-order valence-electron chi connectivity index (χ2n) is 4.49. The van der Waals surface area contributed by atoms with E-state index in [2.05, 4.69) is 52.8 Å². The predicted octanol–water partition coefficient (Wildman–Crippen LogP) is 2.81. The van der Waals surface area contributed by atoms with Gasteiger partial charge in [-0.1, -0.05) is 22.9 Å². The van der Waals surface area contributed by atoms with Crippen molar-refractivity contribution < 1.29 is 0 Å². The van der Waals surface area contributed by atoms with Gasteiger partial charge in [0, 0.05) is 24.1 Å². The Morgan fingerprint density at radius 1 is 1.18 bits per heavy atom. The molecule has 0 amide bonds. The number of anilines is 2. The Balaban J connectivity index is 2.84. The Morgan fingerprint density at radius 3 is 2.47 bits per heavy atom. The minimum absolute atomic E-state index is 0.848. The summed E-state index contributed by atoms with van der Waals surface area (Å²) in [7, 11) is 4.18. The molecule has 0 spiro atoms. The zero-order valence-electron chi connectivity index (χ0n) is 10.9. The van der Waals surface area contributed by atoms with Crippen LogP contribution in [0.4, 0.5) is 11.4 Å². The maximum atomic E-state index is 6.05. The Labute approximate surface area is 113 Å².